The number of nitrogens with zero attached hydrogens (tertiary/aromatic N) is 2. The van der Waals surface area contributed by atoms with Crippen LogP contribution in [0.4, 0.5) is 0 Å². The lowest BCUT2D eigenvalue weighted by Gasteiger charge is -2.06. The van der Waals surface area contributed by atoms with Gasteiger partial charge in [0.15, 0.2) is 0 Å². The molecule has 108 valence electrons. The molecule has 1 aromatic rings. The Morgan fingerprint density at radius 3 is 2.58 bits per heavy atom. The van der Waals surface area contributed by atoms with Crippen molar-refractivity contribution in [2.75, 3.05) is 20.3 Å². The molecule has 0 aliphatic heterocycles. The number of carbonyl (C=O) groups excluding carboxylic acids is 1. The van der Waals surface area contributed by atoms with Crippen LogP contribution >= 0.6 is 10.7 Å². The fraction of sp³-hybridized carbons (Fsp3) is 0.600. The molecule has 1 amide bonds. The lowest BCUT2D eigenvalue weighted by molar-refractivity contribution is -0.122. The van der Waals surface area contributed by atoms with Gasteiger partial charge in [0.05, 0.1) is 18.0 Å². The van der Waals surface area contributed by atoms with Crippen LogP contribution in [0.25, 0.3) is 0 Å². The molecule has 0 saturated carbocycles. The van der Waals surface area contributed by atoms with E-state index < -0.39 is 9.05 Å². The molecule has 0 bridgehead atoms. The Kier molecular flexibility index (Phi) is 5.33. The van der Waals surface area contributed by atoms with Gasteiger partial charge in [-0.1, -0.05) is 0 Å². The van der Waals surface area contributed by atoms with E-state index >= 15 is 0 Å². The molecule has 0 fully saturated rings. The molecule has 1 N–H and O–H groups in total. The zero-order chi connectivity index (χ0) is 14.6. The zero-order valence-corrected chi connectivity index (χ0v) is 12.5. The van der Waals surface area contributed by atoms with Gasteiger partial charge in [-0.3, -0.25) is 9.48 Å². The molecule has 0 aromatic carbocycles. The predicted octanol–water partition coefficient (Wildman–Crippen LogP) is 0.190. The maximum Gasteiger partial charge on any atom is 0.264 e. The van der Waals surface area contributed by atoms with E-state index in [0.717, 1.165) is 0 Å². The molecular formula is C10H16ClN3O4S. The first kappa shape index (κ1) is 15.9. The summed E-state index contributed by atoms with van der Waals surface area (Å²) in [4.78, 5) is 11.6. The van der Waals surface area contributed by atoms with Gasteiger partial charge in [0.25, 0.3) is 9.05 Å². The number of ether oxygens (including phenoxy) is 1. The van der Waals surface area contributed by atoms with Crippen molar-refractivity contribution in [1.82, 2.24) is 15.1 Å². The van der Waals surface area contributed by atoms with Crippen molar-refractivity contribution in [3.63, 3.8) is 0 Å². The second-order valence-electron chi connectivity index (χ2n) is 3.94. The van der Waals surface area contributed by atoms with E-state index in [4.69, 9.17) is 15.4 Å². The van der Waals surface area contributed by atoms with Crippen molar-refractivity contribution in [3.8, 4) is 0 Å². The quantitative estimate of drug-likeness (QED) is 0.598. The summed E-state index contributed by atoms with van der Waals surface area (Å²) in [5, 5.41) is 6.63. The second kappa shape index (κ2) is 6.36. The largest absolute Gasteiger partial charge is 0.383 e. The molecule has 0 spiro atoms. The summed E-state index contributed by atoms with van der Waals surface area (Å²) in [7, 11) is 2.99. The summed E-state index contributed by atoms with van der Waals surface area (Å²) in [6.45, 7) is 3.81. The standard InChI is InChI=1S/C10H16ClN3O4S/c1-7-10(19(11,16)17)8(2)14(13-7)6-9(15)12-4-5-18-3/h4-6H2,1-3H3,(H,12,15). The number of carbonyl (C=O) groups is 1. The van der Waals surface area contributed by atoms with Crippen LogP contribution in [0.1, 0.15) is 11.4 Å². The number of halogens is 1. The van der Waals surface area contributed by atoms with Gasteiger partial charge in [-0.05, 0) is 13.8 Å². The Morgan fingerprint density at radius 1 is 1.47 bits per heavy atom. The Balaban J connectivity index is 2.84. The van der Waals surface area contributed by atoms with Crippen molar-refractivity contribution in [2.24, 2.45) is 0 Å². The first-order chi connectivity index (χ1) is 8.77. The van der Waals surface area contributed by atoms with E-state index in [9.17, 15) is 13.2 Å². The highest BCUT2D eigenvalue weighted by atomic mass is 35.7. The van der Waals surface area contributed by atoms with Crippen LogP contribution in [0, 0.1) is 13.8 Å². The summed E-state index contributed by atoms with van der Waals surface area (Å²) in [6, 6.07) is 0. The fourth-order valence-corrected chi connectivity index (χ4v) is 3.19. The maximum atomic E-state index is 11.6. The molecule has 1 heterocycles. The number of aryl methyl sites for hydroxylation is 1. The van der Waals surface area contributed by atoms with Gasteiger partial charge in [-0.25, -0.2) is 8.42 Å². The van der Waals surface area contributed by atoms with Crippen molar-refractivity contribution < 1.29 is 17.9 Å². The Hall–Kier alpha value is -1.12. The average molecular weight is 310 g/mol. The van der Waals surface area contributed by atoms with Crippen LogP contribution < -0.4 is 5.32 Å². The number of nitrogens with one attached hydrogen (secondary N) is 1. The van der Waals surface area contributed by atoms with Crippen LogP contribution in [-0.4, -0.2) is 44.4 Å². The molecule has 0 saturated heterocycles. The summed E-state index contributed by atoms with van der Waals surface area (Å²) < 4.78 is 28.9. The molecule has 0 radical (unpaired) electrons. The smallest absolute Gasteiger partial charge is 0.264 e. The van der Waals surface area contributed by atoms with E-state index in [1.165, 1.54) is 18.7 Å². The Labute approximate surface area is 116 Å². The molecule has 1 aromatic heterocycles. The molecule has 19 heavy (non-hydrogen) atoms. The normalized spacial score (nSPS) is 11.6. The number of aromatic nitrogens is 2. The van der Waals surface area contributed by atoms with E-state index in [-0.39, 0.29) is 23.0 Å². The number of methoxy groups -OCH3 is 1. The topological polar surface area (TPSA) is 90.3 Å². The molecule has 1 rings (SSSR count). The third kappa shape index (κ3) is 4.19. The number of hydrogen-bond acceptors (Lipinski definition) is 5. The van der Waals surface area contributed by atoms with Crippen molar-refractivity contribution >= 4 is 25.6 Å². The maximum absolute atomic E-state index is 11.6. The van der Waals surface area contributed by atoms with Gasteiger partial charge in [-0.2, -0.15) is 5.10 Å². The predicted molar refractivity (Wildman–Crippen MR) is 69.6 cm³/mol. The molecule has 0 aliphatic carbocycles. The third-order valence-electron chi connectivity index (χ3n) is 2.48. The van der Waals surface area contributed by atoms with Gasteiger partial charge >= 0.3 is 0 Å². The number of amides is 1. The molecule has 9 heteroatoms. The first-order valence-electron chi connectivity index (χ1n) is 5.51. The van der Waals surface area contributed by atoms with Gasteiger partial charge < -0.3 is 10.1 Å². The van der Waals surface area contributed by atoms with E-state index in [1.54, 1.807) is 6.92 Å². The van der Waals surface area contributed by atoms with E-state index in [1.807, 2.05) is 0 Å². The van der Waals surface area contributed by atoms with Crippen molar-refractivity contribution in [3.05, 3.63) is 11.4 Å². The van der Waals surface area contributed by atoms with E-state index in [0.29, 0.717) is 18.8 Å². The fourth-order valence-electron chi connectivity index (χ4n) is 1.67. The zero-order valence-electron chi connectivity index (χ0n) is 10.9. The van der Waals surface area contributed by atoms with Gasteiger partial charge in [0.2, 0.25) is 5.91 Å². The number of rotatable bonds is 6. The summed E-state index contributed by atoms with van der Waals surface area (Å²) >= 11 is 0. The van der Waals surface area contributed by atoms with Gasteiger partial charge in [0, 0.05) is 24.3 Å². The minimum absolute atomic E-state index is 0.0427. The molecule has 0 aliphatic rings. The average Bonchev–Trinajstić information content (AvgIpc) is 2.53. The van der Waals surface area contributed by atoms with Crippen LogP contribution in [0.5, 0.6) is 0 Å². The summed E-state index contributed by atoms with van der Waals surface area (Å²) in [6.07, 6.45) is 0. The SMILES string of the molecule is COCCNC(=O)Cn1nc(C)c(S(=O)(=O)Cl)c1C. The second-order valence-corrected chi connectivity index (χ2v) is 6.44. The van der Waals surface area contributed by atoms with Crippen LogP contribution in [0.15, 0.2) is 4.90 Å². The Morgan fingerprint density at radius 2 is 2.11 bits per heavy atom. The monoisotopic (exact) mass is 309 g/mol. The molecule has 0 atom stereocenters. The van der Waals surface area contributed by atoms with Gasteiger partial charge in [0.1, 0.15) is 11.4 Å². The first-order valence-corrected chi connectivity index (χ1v) is 7.82. The van der Waals surface area contributed by atoms with Crippen LogP contribution in [0.3, 0.4) is 0 Å². The number of hydrogen-bond donors (Lipinski definition) is 1. The minimum Gasteiger partial charge on any atom is -0.383 e. The van der Waals surface area contributed by atoms with E-state index in [2.05, 4.69) is 10.4 Å². The highest BCUT2D eigenvalue weighted by Crippen LogP contribution is 2.22. The highest BCUT2D eigenvalue weighted by molar-refractivity contribution is 8.13. The minimum atomic E-state index is -3.86. The van der Waals surface area contributed by atoms with Crippen molar-refractivity contribution in [1.29, 1.82) is 0 Å². The van der Waals surface area contributed by atoms with Gasteiger partial charge in [-0.15, -0.1) is 0 Å². The van der Waals surface area contributed by atoms with Crippen LogP contribution in [0.2, 0.25) is 0 Å². The van der Waals surface area contributed by atoms with Crippen LogP contribution in [-0.2, 0) is 25.1 Å². The lowest BCUT2D eigenvalue weighted by Crippen LogP contribution is -2.31. The summed E-state index contributed by atoms with van der Waals surface area (Å²) in [5.74, 6) is -0.277. The van der Waals surface area contributed by atoms with Crippen molar-refractivity contribution in [2.45, 2.75) is 25.3 Å². The molecular weight excluding hydrogens is 294 g/mol. The summed E-state index contributed by atoms with van der Waals surface area (Å²) in [5.41, 5.74) is 0.617. The lowest BCUT2D eigenvalue weighted by atomic mass is 10.4. The Bertz CT molecular complexity index is 568. The highest BCUT2D eigenvalue weighted by Gasteiger charge is 2.23. The third-order valence-corrected chi connectivity index (χ3v) is 4.02. The molecule has 0 unspecified atom stereocenters. The molecule has 7 nitrogen and oxygen atoms in total.